The van der Waals surface area contributed by atoms with Crippen LogP contribution < -0.4 is 0 Å². The summed E-state index contributed by atoms with van der Waals surface area (Å²) in [6.07, 6.45) is -5.04. The number of rotatable bonds is 4. The fourth-order valence-electron chi connectivity index (χ4n) is 1.45. The molecule has 6 heteroatoms. The molecule has 1 fully saturated rings. The van der Waals surface area contributed by atoms with Gasteiger partial charge in [-0.1, -0.05) is 6.08 Å². The number of hydrogen-bond acceptors (Lipinski definition) is 6. The number of aliphatic hydroxyl groups is 4. The van der Waals surface area contributed by atoms with Crippen molar-refractivity contribution in [2.45, 2.75) is 43.7 Å². The summed E-state index contributed by atoms with van der Waals surface area (Å²) in [5.74, 6) is 0. The first-order chi connectivity index (χ1) is 7.51. The molecule has 6 nitrogen and oxygen atoms in total. The summed E-state index contributed by atoms with van der Waals surface area (Å²) in [7, 11) is 0. The molecular weight excluding hydrogens is 216 g/mol. The first kappa shape index (κ1) is 13.6. The van der Waals surface area contributed by atoms with Gasteiger partial charge in [-0.2, -0.15) is 0 Å². The summed E-state index contributed by atoms with van der Waals surface area (Å²) in [4.78, 5) is 0. The fraction of sp³-hybridized carbons (Fsp3) is 0.800. The largest absolute Gasteiger partial charge is 0.394 e. The Hall–Kier alpha value is -0.500. The monoisotopic (exact) mass is 234 g/mol. The molecule has 1 aliphatic rings. The molecule has 0 aromatic heterocycles. The first-order valence-corrected chi connectivity index (χ1v) is 5.09. The van der Waals surface area contributed by atoms with E-state index < -0.39 is 37.3 Å². The Balaban J connectivity index is 2.66. The van der Waals surface area contributed by atoms with E-state index in [0.717, 1.165) is 0 Å². The molecule has 0 bridgehead atoms. The molecule has 4 N–H and O–H groups in total. The lowest BCUT2D eigenvalue weighted by Crippen LogP contribution is -2.59. The highest BCUT2D eigenvalue weighted by Crippen LogP contribution is 2.22. The van der Waals surface area contributed by atoms with Crippen molar-refractivity contribution in [3.05, 3.63) is 12.7 Å². The minimum absolute atomic E-state index is 0.374. The summed E-state index contributed by atoms with van der Waals surface area (Å²) in [6, 6.07) is 0. The van der Waals surface area contributed by atoms with E-state index in [0.29, 0.717) is 0 Å². The van der Waals surface area contributed by atoms with Gasteiger partial charge in [0.1, 0.15) is 24.4 Å². The molecule has 0 radical (unpaired) electrons. The molecule has 0 aliphatic carbocycles. The van der Waals surface area contributed by atoms with Gasteiger partial charge in [0.15, 0.2) is 6.29 Å². The summed E-state index contributed by atoms with van der Waals surface area (Å²) >= 11 is 0. The summed E-state index contributed by atoms with van der Waals surface area (Å²) < 4.78 is 10.4. The quantitative estimate of drug-likeness (QED) is 0.436. The molecule has 0 aromatic rings. The number of aliphatic hydroxyl groups excluding tert-OH is 4. The topological polar surface area (TPSA) is 99.4 Å². The second kappa shape index (κ2) is 5.72. The second-order valence-corrected chi connectivity index (χ2v) is 3.77. The molecule has 0 spiro atoms. The van der Waals surface area contributed by atoms with E-state index >= 15 is 0 Å². The van der Waals surface area contributed by atoms with Crippen LogP contribution in [0.25, 0.3) is 0 Å². The fourth-order valence-corrected chi connectivity index (χ4v) is 1.45. The zero-order valence-corrected chi connectivity index (χ0v) is 9.06. The van der Waals surface area contributed by atoms with E-state index in [-0.39, 0.29) is 6.10 Å². The van der Waals surface area contributed by atoms with Crippen LogP contribution in [0.15, 0.2) is 12.7 Å². The van der Waals surface area contributed by atoms with E-state index in [1.165, 1.54) is 6.08 Å². The molecule has 16 heavy (non-hydrogen) atoms. The zero-order valence-electron chi connectivity index (χ0n) is 9.06. The zero-order chi connectivity index (χ0) is 12.3. The minimum atomic E-state index is -1.41. The van der Waals surface area contributed by atoms with E-state index in [2.05, 4.69) is 6.58 Å². The summed E-state index contributed by atoms with van der Waals surface area (Å²) in [5, 5.41) is 37.5. The average molecular weight is 234 g/mol. The van der Waals surface area contributed by atoms with Crippen LogP contribution in [0.4, 0.5) is 0 Å². The Bertz CT molecular complexity index is 231. The van der Waals surface area contributed by atoms with Crippen LogP contribution in [-0.4, -0.2) is 63.8 Å². The van der Waals surface area contributed by atoms with Crippen LogP contribution in [0.3, 0.4) is 0 Å². The molecule has 0 aromatic carbocycles. The Kier molecular flexibility index (Phi) is 4.85. The molecule has 0 unspecified atom stereocenters. The van der Waals surface area contributed by atoms with Gasteiger partial charge in [-0.05, 0) is 6.92 Å². The lowest BCUT2D eigenvalue weighted by atomic mass is 9.99. The van der Waals surface area contributed by atoms with Gasteiger partial charge in [0.2, 0.25) is 0 Å². The van der Waals surface area contributed by atoms with Crippen molar-refractivity contribution in [3.63, 3.8) is 0 Å². The molecule has 94 valence electrons. The SMILES string of the molecule is C=C[C@@H](C)O[C@@H]1O[C@H](CO)[C@@H](O)[C@H](O)[C@H]1O. The van der Waals surface area contributed by atoms with Crippen molar-refractivity contribution in [2.75, 3.05) is 6.61 Å². The summed E-state index contributed by atoms with van der Waals surface area (Å²) in [6.45, 7) is 4.72. The molecular formula is C10H18O6. The predicted molar refractivity (Wildman–Crippen MR) is 54.5 cm³/mol. The molecule has 1 rings (SSSR count). The van der Waals surface area contributed by atoms with Crippen LogP contribution in [-0.2, 0) is 9.47 Å². The predicted octanol–water partition coefficient (Wildman–Crippen LogP) is -1.62. The minimum Gasteiger partial charge on any atom is -0.394 e. The van der Waals surface area contributed by atoms with Crippen molar-refractivity contribution in [2.24, 2.45) is 0 Å². The van der Waals surface area contributed by atoms with E-state index in [4.69, 9.17) is 14.6 Å². The molecule has 0 amide bonds. The van der Waals surface area contributed by atoms with Crippen LogP contribution in [0.2, 0.25) is 0 Å². The molecule has 1 heterocycles. The second-order valence-electron chi connectivity index (χ2n) is 3.77. The summed E-state index contributed by atoms with van der Waals surface area (Å²) in [5.41, 5.74) is 0. The first-order valence-electron chi connectivity index (χ1n) is 5.09. The highest BCUT2D eigenvalue weighted by molar-refractivity contribution is 4.90. The van der Waals surface area contributed by atoms with Gasteiger partial charge in [-0.25, -0.2) is 0 Å². The maximum Gasteiger partial charge on any atom is 0.187 e. The van der Waals surface area contributed by atoms with E-state index in [1.807, 2.05) is 0 Å². The maximum absolute atomic E-state index is 9.59. The van der Waals surface area contributed by atoms with Gasteiger partial charge in [-0.3, -0.25) is 0 Å². The third kappa shape index (κ3) is 2.79. The van der Waals surface area contributed by atoms with E-state index in [9.17, 15) is 15.3 Å². The van der Waals surface area contributed by atoms with Crippen molar-refractivity contribution in [1.82, 2.24) is 0 Å². The maximum atomic E-state index is 9.59. The van der Waals surface area contributed by atoms with Crippen molar-refractivity contribution in [3.8, 4) is 0 Å². The van der Waals surface area contributed by atoms with Crippen LogP contribution in [0.1, 0.15) is 6.92 Å². The highest BCUT2D eigenvalue weighted by atomic mass is 16.7. The Morgan fingerprint density at radius 1 is 1.31 bits per heavy atom. The van der Waals surface area contributed by atoms with Gasteiger partial charge in [0.05, 0.1) is 12.7 Å². The van der Waals surface area contributed by atoms with E-state index in [1.54, 1.807) is 6.92 Å². The van der Waals surface area contributed by atoms with Crippen LogP contribution >= 0.6 is 0 Å². The molecule has 1 saturated heterocycles. The third-order valence-corrected chi connectivity index (χ3v) is 2.53. The number of hydrogen-bond donors (Lipinski definition) is 4. The highest BCUT2D eigenvalue weighted by Gasteiger charge is 2.44. The van der Waals surface area contributed by atoms with Gasteiger partial charge in [-0.15, -0.1) is 6.58 Å². The molecule has 1 aliphatic heterocycles. The Labute approximate surface area is 93.7 Å². The standard InChI is InChI=1S/C10H18O6/c1-3-5(2)15-10-9(14)8(13)7(12)6(4-11)16-10/h3,5-14H,1,4H2,2H3/t5-,6-,7-,8+,9-,10-/m1/s1. The third-order valence-electron chi connectivity index (χ3n) is 2.53. The van der Waals surface area contributed by atoms with Crippen LogP contribution in [0, 0.1) is 0 Å². The van der Waals surface area contributed by atoms with Gasteiger partial charge >= 0.3 is 0 Å². The van der Waals surface area contributed by atoms with Crippen LogP contribution in [0.5, 0.6) is 0 Å². The lowest BCUT2D eigenvalue weighted by molar-refractivity contribution is -0.306. The van der Waals surface area contributed by atoms with Crippen molar-refractivity contribution in [1.29, 1.82) is 0 Å². The Morgan fingerprint density at radius 2 is 1.94 bits per heavy atom. The van der Waals surface area contributed by atoms with Gasteiger partial charge < -0.3 is 29.9 Å². The molecule has 6 atom stereocenters. The van der Waals surface area contributed by atoms with Crippen molar-refractivity contribution < 1.29 is 29.9 Å². The normalized spacial score (nSPS) is 41.7. The lowest BCUT2D eigenvalue weighted by Gasteiger charge is -2.40. The van der Waals surface area contributed by atoms with Crippen molar-refractivity contribution >= 4 is 0 Å². The van der Waals surface area contributed by atoms with Gasteiger partial charge in [0.25, 0.3) is 0 Å². The Morgan fingerprint density at radius 3 is 2.44 bits per heavy atom. The smallest absolute Gasteiger partial charge is 0.187 e. The molecule has 0 saturated carbocycles. The van der Waals surface area contributed by atoms with Gasteiger partial charge in [0, 0.05) is 0 Å². The average Bonchev–Trinajstić information content (AvgIpc) is 2.29. The number of ether oxygens (including phenoxy) is 2.